The summed E-state index contributed by atoms with van der Waals surface area (Å²) < 4.78 is 0. The zero-order valence-electron chi connectivity index (χ0n) is 6.63. The molecule has 0 saturated heterocycles. The second-order valence-corrected chi connectivity index (χ2v) is 3.56. The summed E-state index contributed by atoms with van der Waals surface area (Å²) in [4.78, 5) is 0. The SMILES string of the molecule is Cc1cccc(C(C)(O)Cl)c1. The van der Waals surface area contributed by atoms with Gasteiger partial charge in [-0.2, -0.15) is 0 Å². The Labute approximate surface area is 71.6 Å². The average molecular weight is 171 g/mol. The van der Waals surface area contributed by atoms with Crippen LogP contribution in [0.5, 0.6) is 0 Å². The molecular formula is C9H11ClO. The number of hydrogen-bond donors (Lipinski definition) is 1. The largest absolute Gasteiger partial charge is 0.371 e. The first-order valence-corrected chi connectivity index (χ1v) is 3.86. The number of halogens is 1. The van der Waals surface area contributed by atoms with E-state index in [-0.39, 0.29) is 0 Å². The van der Waals surface area contributed by atoms with Crippen LogP contribution in [0.15, 0.2) is 24.3 Å². The van der Waals surface area contributed by atoms with Gasteiger partial charge in [0.25, 0.3) is 0 Å². The van der Waals surface area contributed by atoms with Crippen molar-refractivity contribution in [3.8, 4) is 0 Å². The summed E-state index contributed by atoms with van der Waals surface area (Å²) in [5.74, 6) is 0. The molecule has 1 aromatic carbocycles. The molecule has 11 heavy (non-hydrogen) atoms. The minimum absolute atomic E-state index is 0.735. The van der Waals surface area contributed by atoms with Crippen LogP contribution in [0.3, 0.4) is 0 Å². The highest BCUT2D eigenvalue weighted by molar-refractivity contribution is 6.22. The number of hydrogen-bond acceptors (Lipinski definition) is 1. The van der Waals surface area contributed by atoms with Crippen molar-refractivity contribution in [3.05, 3.63) is 35.4 Å². The van der Waals surface area contributed by atoms with Gasteiger partial charge in [0.05, 0.1) is 0 Å². The lowest BCUT2D eigenvalue weighted by atomic mass is 10.1. The fourth-order valence-electron chi connectivity index (χ4n) is 0.929. The molecule has 0 aliphatic rings. The van der Waals surface area contributed by atoms with Gasteiger partial charge in [0.15, 0.2) is 5.06 Å². The molecule has 1 aromatic rings. The highest BCUT2D eigenvalue weighted by atomic mass is 35.5. The number of aliphatic hydroxyl groups is 1. The molecule has 0 heterocycles. The van der Waals surface area contributed by atoms with E-state index in [9.17, 15) is 5.11 Å². The van der Waals surface area contributed by atoms with Crippen molar-refractivity contribution in [1.82, 2.24) is 0 Å². The van der Waals surface area contributed by atoms with Crippen LogP contribution < -0.4 is 0 Å². The molecule has 1 atom stereocenters. The smallest absolute Gasteiger partial charge is 0.161 e. The third kappa shape index (κ3) is 2.21. The lowest BCUT2D eigenvalue weighted by molar-refractivity contribution is 0.150. The van der Waals surface area contributed by atoms with Gasteiger partial charge in [-0.3, -0.25) is 0 Å². The summed E-state index contributed by atoms with van der Waals surface area (Å²) >= 11 is 5.69. The first kappa shape index (κ1) is 8.57. The zero-order valence-corrected chi connectivity index (χ0v) is 7.39. The molecule has 0 saturated carbocycles. The predicted octanol–water partition coefficient (Wildman–Crippen LogP) is 2.40. The minimum atomic E-state index is -1.24. The summed E-state index contributed by atoms with van der Waals surface area (Å²) in [5, 5.41) is 8.13. The van der Waals surface area contributed by atoms with E-state index in [1.54, 1.807) is 13.0 Å². The number of benzene rings is 1. The van der Waals surface area contributed by atoms with Gasteiger partial charge < -0.3 is 5.11 Å². The van der Waals surface area contributed by atoms with Gasteiger partial charge in [0, 0.05) is 0 Å². The van der Waals surface area contributed by atoms with Gasteiger partial charge >= 0.3 is 0 Å². The highest BCUT2D eigenvalue weighted by Gasteiger charge is 2.17. The molecule has 60 valence electrons. The average Bonchev–Trinajstić information content (AvgIpc) is 1.86. The molecule has 2 heteroatoms. The number of alkyl halides is 1. The summed E-state index contributed by atoms with van der Waals surface area (Å²) in [7, 11) is 0. The van der Waals surface area contributed by atoms with Crippen LogP contribution in [-0.4, -0.2) is 5.11 Å². The first-order chi connectivity index (χ1) is 5.00. The first-order valence-electron chi connectivity index (χ1n) is 3.48. The molecule has 0 amide bonds. The van der Waals surface area contributed by atoms with Crippen LogP contribution in [0.4, 0.5) is 0 Å². The third-order valence-electron chi connectivity index (χ3n) is 1.54. The van der Waals surface area contributed by atoms with Gasteiger partial charge in [0.1, 0.15) is 0 Å². The van der Waals surface area contributed by atoms with E-state index in [4.69, 9.17) is 11.6 Å². The molecule has 0 spiro atoms. The third-order valence-corrected chi connectivity index (χ3v) is 1.76. The van der Waals surface area contributed by atoms with E-state index in [1.165, 1.54) is 0 Å². The molecular weight excluding hydrogens is 160 g/mol. The van der Waals surface area contributed by atoms with E-state index < -0.39 is 5.06 Å². The molecule has 0 radical (unpaired) electrons. The fourth-order valence-corrected chi connectivity index (χ4v) is 1.05. The maximum Gasteiger partial charge on any atom is 0.161 e. The zero-order chi connectivity index (χ0) is 8.48. The summed E-state index contributed by atoms with van der Waals surface area (Å²) in [5.41, 5.74) is 1.84. The van der Waals surface area contributed by atoms with Crippen molar-refractivity contribution in [2.45, 2.75) is 18.9 Å². The Bertz CT molecular complexity index is 250. The fraction of sp³-hybridized carbons (Fsp3) is 0.333. The van der Waals surface area contributed by atoms with Gasteiger partial charge in [0.2, 0.25) is 0 Å². The van der Waals surface area contributed by atoms with Crippen molar-refractivity contribution < 1.29 is 5.11 Å². The molecule has 0 aliphatic heterocycles. The van der Waals surface area contributed by atoms with Gasteiger partial charge in [-0.05, 0) is 19.4 Å². The predicted molar refractivity (Wildman–Crippen MR) is 46.6 cm³/mol. The normalized spacial score (nSPS) is 16.0. The molecule has 1 N–H and O–H groups in total. The van der Waals surface area contributed by atoms with Crippen LogP contribution in [-0.2, 0) is 5.06 Å². The topological polar surface area (TPSA) is 20.2 Å². The molecule has 0 bridgehead atoms. The van der Waals surface area contributed by atoms with Crippen LogP contribution in [0.25, 0.3) is 0 Å². The summed E-state index contributed by atoms with van der Waals surface area (Å²) in [6.07, 6.45) is 0. The quantitative estimate of drug-likeness (QED) is 0.642. The van der Waals surface area contributed by atoms with E-state index in [0.717, 1.165) is 11.1 Å². The molecule has 0 aliphatic carbocycles. The van der Waals surface area contributed by atoms with Gasteiger partial charge in [-0.25, -0.2) is 0 Å². The van der Waals surface area contributed by atoms with Crippen LogP contribution in [0.1, 0.15) is 18.1 Å². The van der Waals surface area contributed by atoms with Crippen molar-refractivity contribution in [2.75, 3.05) is 0 Å². The van der Waals surface area contributed by atoms with Gasteiger partial charge in [-0.15, -0.1) is 0 Å². The maximum atomic E-state index is 9.38. The lowest BCUT2D eigenvalue weighted by Crippen LogP contribution is -2.11. The molecule has 1 nitrogen and oxygen atoms in total. The highest BCUT2D eigenvalue weighted by Crippen LogP contribution is 2.24. The second-order valence-electron chi connectivity index (χ2n) is 2.82. The molecule has 0 fully saturated rings. The lowest BCUT2D eigenvalue weighted by Gasteiger charge is -2.14. The van der Waals surface area contributed by atoms with E-state index in [1.807, 2.05) is 25.1 Å². The Balaban J connectivity index is 3.06. The Morgan fingerprint density at radius 1 is 1.45 bits per heavy atom. The number of rotatable bonds is 1. The van der Waals surface area contributed by atoms with E-state index >= 15 is 0 Å². The van der Waals surface area contributed by atoms with Crippen molar-refractivity contribution in [3.63, 3.8) is 0 Å². The van der Waals surface area contributed by atoms with Crippen molar-refractivity contribution in [2.24, 2.45) is 0 Å². The standard InChI is InChI=1S/C9H11ClO/c1-7-4-3-5-8(6-7)9(2,10)11/h3-6,11H,1-2H3. The van der Waals surface area contributed by atoms with E-state index in [2.05, 4.69) is 0 Å². The Hall–Kier alpha value is -0.530. The molecule has 1 unspecified atom stereocenters. The Kier molecular flexibility index (Phi) is 2.21. The van der Waals surface area contributed by atoms with Crippen molar-refractivity contribution >= 4 is 11.6 Å². The summed E-state index contributed by atoms with van der Waals surface area (Å²) in [6, 6.07) is 7.51. The Morgan fingerprint density at radius 3 is 2.45 bits per heavy atom. The molecule has 0 aromatic heterocycles. The minimum Gasteiger partial charge on any atom is -0.371 e. The van der Waals surface area contributed by atoms with Crippen LogP contribution in [0.2, 0.25) is 0 Å². The molecule has 1 rings (SSSR count). The van der Waals surface area contributed by atoms with Gasteiger partial charge in [-0.1, -0.05) is 41.4 Å². The van der Waals surface area contributed by atoms with Crippen molar-refractivity contribution in [1.29, 1.82) is 0 Å². The van der Waals surface area contributed by atoms with Crippen LogP contribution >= 0.6 is 11.6 Å². The number of aryl methyl sites for hydroxylation is 1. The van der Waals surface area contributed by atoms with E-state index in [0.29, 0.717) is 0 Å². The maximum absolute atomic E-state index is 9.38. The van der Waals surface area contributed by atoms with Crippen LogP contribution in [0, 0.1) is 6.92 Å². The Morgan fingerprint density at radius 2 is 2.09 bits per heavy atom. The summed E-state index contributed by atoms with van der Waals surface area (Å²) in [6.45, 7) is 3.52. The second kappa shape index (κ2) is 2.84. The monoisotopic (exact) mass is 170 g/mol.